The van der Waals surface area contributed by atoms with E-state index >= 15 is 0 Å². The predicted octanol–water partition coefficient (Wildman–Crippen LogP) is 4.69. The lowest BCUT2D eigenvalue weighted by atomic mass is 9.85. The lowest BCUT2D eigenvalue weighted by Gasteiger charge is -2.35. The van der Waals surface area contributed by atoms with Crippen LogP contribution in [0.15, 0.2) is 71.4 Å². The quantitative estimate of drug-likeness (QED) is 0.466. The molecule has 0 aliphatic carbocycles. The molecule has 0 spiro atoms. The molecule has 0 saturated carbocycles. The molecule has 3 aromatic rings. The molecule has 1 aliphatic heterocycles. The van der Waals surface area contributed by atoms with Gasteiger partial charge >= 0.3 is 0 Å². The van der Waals surface area contributed by atoms with Gasteiger partial charge < -0.3 is 19.8 Å². The summed E-state index contributed by atoms with van der Waals surface area (Å²) < 4.78 is 10.5. The maximum atomic E-state index is 13.1. The molecule has 0 fully saturated rings. The lowest BCUT2D eigenvalue weighted by Crippen LogP contribution is -2.43. The number of nitrogens with one attached hydrogen (secondary N) is 2. The van der Waals surface area contributed by atoms with Gasteiger partial charge in [0.05, 0.1) is 13.4 Å². The van der Waals surface area contributed by atoms with Gasteiger partial charge in [-0.15, -0.1) is 0 Å². The molecule has 31 heavy (non-hydrogen) atoms. The molecular formula is C25H24N2O4. The molecule has 4 rings (SSSR count). The van der Waals surface area contributed by atoms with Crippen molar-refractivity contribution < 1.29 is 18.7 Å². The highest BCUT2D eigenvalue weighted by Crippen LogP contribution is 2.32. The van der Waals surface area contributed by atoms with Crippen LogP contribution in [0.2, 0.25) is 0 Å². The highest BCUT2D eigenvalue weighted by atomic mass is 16.5. The maximum Gasteiger partial charge on any atom is 0.291 e. The second-order valence-corrected chi connectivity index (χ2v) is 8.14. The zero-order valence-corrected chi connectivity index (χ0v) is 17.7. The maximum absolute atomic E-state index is 13.1. The molecule has 1 aromatic heterocycles. The van der Waals surface area contributed by atoms with Crippen LogP contribution in [0, 0.1) is 0 Å². The Bertz CT molecular complexity index is 1160. The van der Waals surface area contributed by atoms with Crippen LogP contribution < -0.4 is 15.4 Å². The Morgan fingerprint density at radius 2 is 1.97 bits per heavy atom. The first-order valence-electron chi connectivity index (χ1n) is 10.0. The SMILES string of the molecule is COc1ccc2c(c1)C(=CC(=O)c1cccc(NC(=O)c3ccco3)c1)NC(C)(C)C2. The number of carbonyl (C=O) groups is 2. The van der Waals surface area contributed by atoms with Crippen LogP contribution >= 0.6 is 0 Å². The number of hydrogen-bond donors (Lipinski definition) is 2. The minimum Gasteiger partial charge on any atom is -0.497 e. The Hall–Kier alpha value is -3.80. The van der Waals surface area contributed by atoms with Crippen molar-refractivity contribution in [1.82, 2.24) is 5.32 Å². The molecule has 2 heterocycles. The van der Waals surface area contributed by atoms with Crippen LogP contribution in [-0.2, 0) is 6.42 Å². The fourth-order valence-corrected chi connectivity index (χ4v) is 3.72. The van der Waals surface area contributed by atoms with Gasteiger partial charge in [0.15, 0.2) is 11.5 Å². The zero-order valence-electron chi connectivity index (χ0n) is 17.7. The van der Waals surface area contributed by atoms with E-state index < -0.39 is 0 Å². The predicted molar refractivity (Wildman–Crippen MR) is 119 cm³/mol. The van der Waals surface area contributed by atoms with E-state index in [2.05, 4.69) is 24.5 Å². The molecule has 0 atom stereocenters. The van der Waals surface area contributed by atoms with Crippen molar-refractivity contribution in [2.45, 2.75) is 25.8 Å². The highest BCUT2D eigenvalue weighted by molar-refractivity contribution is 6.10. The van der Waals surface area contributed by atoms with Crippen molar-refractivity contribution in [2.24, 2.45) is 0 Å². The van der Waals surface area contributed by atoms with E-state index in [1.807, 2.05) is 18.2 Å². The Morgan fingerprint density at radius 1 is 1.13 bits per heavy atom. The molecule has 1 amide bonds. The van der Waals surface area contributed by atoms with Crippen molar-refractivity contribution in [2.75, 3.05) is 12.4 Å². The van der Waals surface area contributed by atoms with Crippen LogP contribution in [0.1, 0.15) is 45.9 Å². The van der Waals surface area contributed by atoms with Gasteiger partial charge in [-0.25, -0.2) is 0 Å². The molecular weight excluding hydrogens is 392 g/mol. The first-order chi connectivity index (χ1) is 14.8. The summed E-state index contributed by atoms with van der Waals surface area (Å²) in [7, 11) is 1.62. The Balaban J connectivity index is 1.62. The lowest BCUT2D eigenvalue weighted by molar-refractivity contribution is 0.0994. The zero-order chi connectivity index (χ0) is 22.0. The van der Waals surface area contributed by atoms with E-state index in [0.29, 0.717) is 11.3 Å². The van der Waals surface area contributed by atoms with Crippen molar-refractivity contribution in [3.8, 4) is 5.75 Å². The molecule has 2 N–H and O–H groups in total. The second-order valence-electron chi connectivity index (χ2n) is 8.14. The molecule has 158 valence electrons. The van der Waals surface area contributed by atoms with Crippen molar-refractivity contribution in [3.05, 3.63) is 89.4 Å². The third-order valence-corrected chi connectivity index (χ3v) is 5.14. The van der Waals surface area contributed by atoms with E-state index in [-0.39, 0.29) is 23.0 Å². The number of methoxy groups -OCH3 is 1. The van der Waals surface area contributed by atoms with E-state index in [1.54, 1.807) is 49.6 Å². The smallest absolute Gasteiger partial charge is 0.291 e. The summed E-state index contributed by atoms with van der Waals surface area (Å²) in [5, 5.41) is 6.22. The third kappa shape index (κ3) is 4.53. The minimum atomic E-state index is -0.371. The standard InChI is InChI=1S/C25H24N2O4/c1-25(2)15-17-9-10-19(30-3)13-20(17)21(27-25)14-22(28)16-6-4-7-18(12-16)26-24(29)23-8-5-11-31-23/h4-14,27H,15H2,1-3H3,(H,26,29). The van der Waals surface area contributed by atoms with Gasteiger partial charge in [-0.3, -0.25) is 9.59 Å². The summed E-state index contributed by atoms with van der Waals surface area (Å²) in [6.07, 6.45) is 3.88. The third-order valence-electron chi connectivity index (χ3n) is 5.14. The Kier molecular flexibility index (Phi) is 5.38. The average molecular weight is 416 g/mol. The number of furan rings is 1. The van der Waals surface area contributed by atoms with Gasteiger partial charge in [-0.2, -0.15) is 0 Å². The first kappa shape index (κ1) is 20.5. The number of ketones is 1. The Morgan fingerprint density at radius 3 is 2.71 bits per heavy atom. The van der Waals surface area contributed by atoms with E-state index in [9.17, 15) is 9.59 Å². The summed E-state index contributed by atoms with van der Waals surface area (Å²) in [5.41, 5.74) is 3.66. The number of benzene rings is 2. The molecule has 2 aromatic carbocycles. The molecule has 0 radical (unpaired) electrons. The van der Waals surface area contributed by atoms with Crippen LogP contribution in [0.3, 0.4) is 0 Å². The Labute approximate surface area is 180 Å². The molecule has 6 heteroatoms. The van der Waals surface area contributed by atoms with Crippen LogP contribution in [0.5, 0.6) is 5.75 Å². The number of hydrogen-bond acceptors (Lipinski definition) is 5. The monoisotopic (exact) mass is 416 g/mol. The van der Waals surface area contributed by atoms with Crippen LogP contribution in [0.25, 0.3) is 5.70 Å². The first-order valence-corrected chi connectivity index (χ1v) is 10.0. The molecule has 0 saturated heterocycles. The number of fused-ring (bicyclic) bond motifs is 1. The van der Waals surface area contributed by atoms with E-state index in [4.69, 9.17) is 9.15 Å². The van der Waals surface area contributed by atoms with E-state index in [0.717, 1.165) is 29.0 Å². The number of allylic oxidation sites excluding steroid dienone is 1. The number of carbonyl (C=O) groups excluding carboxylic acids is 2. The van der Waals surface area contributed by atoms with Gasteiger partial charge in [0.1, 0.15) is 5.75 Å². The number of amides is 1. The minimum absolute atomic E-state index is 0.164. The number of rotatable bonds is 5. The highest BCUT2D eigenvalue weighted by Gasteiger charge is 2.28. The van der Waals surface area contributed by atoms with Crippen LogP contribution in [-0.4, -0.2) is 24.3 Å². The van der Waals surface area contributed by atoms with Crippen molar-refractivity contribution in [1.29, 1.82) is 0 Å². The van der Waals surface area contributed by atoms with Gasteiger partial charge in [0.25, 0.3) is 5.91 Å². The van der Waals surface area contributed by atoms with Gasteiger partial charge in [0, 0.05) is 34.1 Å². The van der Waals surface area contributed by atoms with E-state index in [1.165, 1.54) is 6.26 Å². The van der Waals surface area contributed by atoms with Gasteiger partial charge in [-0.1, -0.05) is 18.2 Å². The molecule has 1 aliphatic rings. The molecule has 0 bridgehead atoms. The van der Waals surface area contributed by atoms with Crippen LogP contribution in [0.4, 0.5) is 5.69 Å². The average Bonchev–Trinajstić information content (AvgIpc) is 3.28. The van der Waals surface area contributed by atoms with Gasteiger partial charge in [-0.05, 0) is 62.2 Å². The summed E-state index contributed by atoms with van der Waals surface area (Å²) in [4.78, 5) is 25.3. The summed E-state index contributed by atoms with van der Waals surface area (Å²) in [6, 6.07) is 16.0. The summed E-state index contributed by atoms with van der Waals surface area (Å²) in [6.45, 7) is 4.20. The van der Waals surface area contributed by atoms with Crippen molar-refractivity contribution in [3.63, 3.8) is 0 Å². The largest absolute Gasteiger partial charge is 0.497 e. The molecule has 0 unspecified atom stereocenters. The summed E-state index contributed by atoms with van der Waals surface area (Å²) in [5.74, 6) is 0.409. The normalized spacial score (nSPS) is 15.6. The second kappa shape index (κ2) is 8.14. The number of anilines is 1. The fourth-order valence-electron chi connectivity index (χ4n) is 3.72. The summed E-state index contributed by atoms with van der Waals surface area (Å²) >= 11 is 0. The topological polar surface area (TPSA) is 80.6 Å². The molecule has 6 nitrogen and oxygen atoms in total. The van der Waals surface area contributed by atoms with Crippen molar-refractivity contribution >= 4 is 23.1 Å². The number of ether oxygens (including phenoxy) is 1. The fraction of sp³-hybridized carbons (Fsp3) is 0.200. The van der Waals surface area contributed by atoms with Gasteiger partial charge in [0.2, 0.25) is 0 Å².